The summed E-state index contributed by atoms with van der Waals surface area (Å²) in [5, 5.41) is 9.12. The van der Waals surface area contributed by atoms with E-state index < -0.39 is 5.97 Å². The molecule has 0 spiro atoms. The van der Waals surface area contributed by atoms with Crippen LogP contribution >= 0.6 is 0 Å². The molecule has 0 saturated heterocycles. The fourth-order valence-electron chi connectivity index (χ4n) is 2.02. The third-order valence-electron chi connectivity index (χ3n) is 2.93. The van der Waals surface area contributed by atoms with Crippen LogP contribution < -0.4 is 4.74 Å². The number of carboxylic acids is 1. The highest BCUT2D eigenvalue weighted by molar-refractivity contribution is 5.93. The van der Waals surface area contributed by atoms with Gasteiger partial charge in [-0.25, -0.2) is 9.78 Å². The minimum absolute atomic E-state index is 0.103. The van der Waals surface area contributed by atoms with E-state index in [0.29, 0.717) is 12.3 Å². The van der Waals surface area contributed by atoms with E-state index in [0.717, 1.165) is 22.4 Å². The Kier molecular flexibility index (Phi) is 3.55. The predicted octanol–water partition coefficient (Wildman–Crippen LogP) is 2.79. The number of carbonyl (C=O) groups is 1. The lowest BCUT2D eigenvalue weighted by Crippen LogP contribution is -2.01. The van der Waals surface area contributed by atoms with E-state index in [2.05, 4.69) is 9.97 Å². The van der Waals surface area contributed by atoms with Gasteiger partial charge in [-0.3, -0.25) is 0 Å². The number of aromatic nitrogens is 2. The molecule has 2 N–H and O–H groups in total. The van der Waals surface area contributed by atoms with Crippen LogP contribution in [0.1, 0.15) is 28.5 Å². The summed E-state index contributed by atoms with van der Waals surface area (Å²) in [5.41, 5.74) is 3.26. The SMILES string of the molecule is CCOc1cc(C)c(-c2nc[nH]c2C(=O)O)cc1C. The third-order valence-corrected chi connectivity index (χ3v) is 2.93. The normalized spacial score (nSPS) is 10.5. The lowest BCUT2D eigenvalue weighted by atomic mass is 10.0. The van der Waals surface area contributed by atoms with Gasteiger partial charge in [0.25, 0.3) is 0 Å². The van der Waals surface area contributed by atoms with Gasteiger partial charge in [-0.1, -0.05) is 0 Å². The minimum atomic E-state index is -1.02. The fraction of sp³-hybridized carbons (Fsp3) is 0.286. The maximum absolute atomic E-state index is 11.1. The average Bonchev–Trinajstić information content (AvgIpc) is 2.82. The van der Waals surface area contributed by atoms with Gasteiger partial charge in [-0.2, -0.15) is 0 Å². The molecular weight excluding hydrogens is 244 g/mol. The molecule has 0 saturated carbocycles. The van der Waals surface area contributed by atoms with Gasteiger partial charge in [0.05, 0.1) is 12.9 Å². The summed E-state index contributed by atoms with van der Waals surface area (Å²) < 4.78 is 5.52. The van der Waals surface area contributed by atoms with Crippen LogP contribution in [0.4, 0.5) is 0 Å². The molecule has 100 valence electrons. The number of ether oxygens (including phenoxy) is 1. The van der Waals surface area contributed by atoms with E-state index >= 15 is 0 Å². The van der Waals surface area contributed by atoms with Gasteiger partial charge < -0.3 is 14.8 Å². The number of aromatic carboxylic acids is 1. The van der Waals surface area contributed by atoms with Crippen molar-refractivity contribution in [1.82, 2.24) is 9.97 Å². The van der Waals surface area contributed by atoms with Gasteiger partial charge in [0.1, 0.15) is 11.4 Å². The molecule has 1 aromatic heterocycles. The predicted molar refractivity (Wildman–Crippen MR) is 71.6 cm³/mol. The second-order valence-corrected chi connectivity index (χ2v) is 4.30. The second-order valence-electron chi connectivity index (χ2n) is 4.30. The van der Waals surface area contributed by atoms with Gasteiger partial charge in [-0.15, -0.1) is 0 Å². The van der Waals surface area contributed by atoms with Crippen LogP contribution in [-0.2, 0) is 0 Å². The molecule has 0 amide bonds. The number of imidazole rings is 1. The number of nitrogens with zero attached hydrogens (tertiary/aromatic N) is 1. The highest BCUT2D eigenvalue weighted by Gasteiger charge is 2.17. The number of carboxylic acid groups (broad SMARTS) is 1. The smallest absolute Gasteiger partial charge is 0.354 e. The number of hydrogen-bond acceptors (Lipinski definition) is 3. The Morgan fingerprint density at radius 3 is 2.74 bits per heavy atom. The van der Waals surface area contributed by atoms with Crippen LogP contribution in [0, 0.1) is 13.8 Å². The number of rotatable bonds is 4. The van der Waals surface area contributed by atoms with Gasteiger partial charge >= 0.3 is 5.97 Å². The summed E-state index contributed by atoms with van der Waals surface area (Å²) in [4.78, 5) is 17.9. The van der Waals surface area contributed by atoms with Crippen molar-refractivity contribution >= 4 is 5.97 Å². The number of H-pyrrole nitrogens is 1. The van der Waals surface area contributed by atoms with Crippen LogP contribution in [0.5, 0.6) is 5.75 Å². The summed E-state index contributed by atoms with van der Waals surface area (Å²) in [7, 11) is 0. The van der Waals surface area contributed by atoms with Gasteiger partial charge in [0.2, 0.25) is 0 Å². The molecule has 0 aliphatic rings. The van der Waals surface area contributed by atoms with E-state index in [1.54, 1.807) is 0 Å². The van der Waals surface area contributed by atoms with Crippen molar-refractivity contribution in [3.05, 3.63) is 35.3 Å². The number of benzene rings is 1. The van der Waals surface area contributed by atoms with Gasteiger partial charge in [0.15, 0.2) is 5.69 Å². The molecule has 0 aliphatic heterocycles. The monoisotopic (exact) mass is 260 g/mol. The van der Waals surface area contributed by atoms with Crippen molar-refractivity contribution in [2.45, 2.75) is 20.8 Å². The molecule has 1 heterocycles. The van der Waals surface area contributed by atoms with Crippen LogP contribution in [0.2, 0.25) is 0 Å². The molecule has 0 unspecified atom stereocenters. The van der Waals surface area contributed by atoms with E-state index in [1.807, 2.05) is 32.9 Å². The first-order chi connectivity index (χ1) is 9.04. The lowest BCUT2D eigenvalue weighted by molar-refractivity contribution is 0.0692. The summed E-state index contributed by atoms with van der Waals surface area (Å²) in [6.07, 6.45) is 1.39. The first kappa shape index (κ1) is 13.1. The molecule has 2 rings (SSSR count). The van der Waals surface area contributed by atoms with E-state index in [4.69, 9.17) is 9.84 Å². The van der Waals surface area contributed by atoms with Crippen molar-refractivity contribution in [2.75, 3.05) is 6.61 Å². The van der Waals surface area contributed by atoms with Crippen molar-refractivity contribution in [2.24, 2.45) is 0 Å². The Hall–Kier alpha value is -2.30. The Morgan fingerprint density at radius 2 is 2.11 bits per heavy atom. The maximum Gasteiger partial charge on any atom is 0.354 e. The van der Waals surface area contributed by atoms with Crippen LogP contribution in [0.15, 0.2) is 18.5 Å². The first-order valence-electron chi connectivity index (χ1n) is 6.05. The molecule has 0 atom stereocenters. The Labute approximate surface area is 111 Å². The molecule has 0 fully saturated rings. The van der Waals surface area contributed by atoms with Gasteiger partial charge in [0, 0.05) is 5.56 Å². The highest BCUT2D eigenvalue weighted by Crippen LogP contribution is 2.30. The van der Waals surface area contributed by atoms with Crippen LogP contribution in [-0.4, -0.2) is 27.7 Å². The largest absolute Gasteiger partial charge is 0.494 e. The Bertz CT molecular complexity index is 617. The molecule has 0 bridgehead atoms. The molecule has 19 heavy (non-hydrogen) atoms. The molecule has 1 aromatic carbocycles. The molecule has 5 heteroatoms. The standard InChI is InChI=1S/C14H16N2O3/c1-4-19-11-6-8(2)10(5-9(11)3)12-13(14(17)18)16-7-15-12/h5-7H,4H2,1-3H3,(H,15,16)(H,17,18). The van der Waals surface area contributed by atoms with E-state index in [9.17, 15) is 4.79 Å². The molecule has 0 aliphatic carbocycles. The number of aryl methyl sites for hydroxylation is 2. The minimum Gasteiger partial charge on any atom is -0.494 e. The number of aromatic amines is 1. The van der Waals surface area contributed by atoms with Crippen molar-refractivity contribution in [3.8, 4) is 17.0 Å². The Balaban J connectivity index is 2.54. The van der Waals surface area contributed by atoms with Crippen molar-refractivity contribution < 1.29 is 14.6 Å². The van der Waals surface area contributed by atoms with Gasteiger partial charge in [-0.05, 0) is 44.0 Å². The molecular formula is C14H16N2O3. The lowest BCUT2D eigenvalue weighted by Gasteiger charge is -2.11. The topological polar surface area (TPSA) is 75.2 Å². The van der Waals surface area contributed by atoms with Crippen molar-refractivity contribution in [1.29, 1.82) is 0 Å². The zero-order chi connectivity index (χ0) is 14.0. The van der Waals surface area contributed by atoms with Crippen LogP contribution in [0.25, 0.3) is 11.3 Å². The summed E-state index contributed by atoms with van der Waals surface area (Å²) >= 11 is 0. The summed E-state index contributed by atoms with van der Waals surface area (Å²) in [6, 6.07) is 3.82. The fourth-order valence-corrected chi connectivity index (χ4v) is 2.02. The van der Waals surface area contributed by atoms with E-state index in [1.165, 1.54) is 6.33 Å². The maximum atomic E-state index is 11.1. The van der Waals surface area contributed by atoms with Crippen molar-refractivity contribution in [3.63, 3.8) is 0 Å². The molecule has 0 radical (unpaired) electrons. The first-order valence-corrected chi connectivity index (χ1v) is 6.05. The zero-order valence-corrected chi connectivity index (χ0v) is 11.2. The molecule has 5 nitrogen and oxygen atoms in total. The summed E-state index contributed by atoms with van der Waals surface area (Å²) in [6.45, 7) is 6.37. The van der Waals surface area contributed by atoms with Crippen LogP contribution in [0.3, 0.4) is 0 Å². The quantitative estimate of drug-likeness (QED) is 0.886. The summed E-state index contributed by atoms with van der Waals surface area (Å²) in [5.74, 6) is -0.199. The second kappa shape index (κ2) is 5.14. The number of hydrogen-bond donors (Lipinski definition) is 2. The molecule has 2 aromatic rings. The highest BCUT2D eigenvalue weighted by atomic mass is 16.5. The Morgan fingerprint density at radius 1 is 1.37 bits per heavy atom. The third kappa shape index (κ3) is 2.45. The zero-order valence-electron chi connectivity index (χ0n) is 11.2. The van der Waals surface area contributed by atoms with E-state index in [-0.39, 0.29) is 5.69 Å². The average molecular weight is 260 g/mol. The number of nitrogens with one attached hydrogen (secondary N) is 1.